The number of esters is 1. The van der Waals surface area contributed by atoms with Crippen molar-refractivity contribution in [3.05, 3.63) is 94.4 Å². The Morgan fingerprint density at radius 1 is 0.946 bits per heavy atom. The molecule has 14 heteroatoms. The molecule has 196 valence electrons. The van der Waals surface area contributed by atoms with Crippen molar-refractivity contribution in [1.82, 2.24) is 0 Å². The van der Waals surface area contributed by atoms with Crippen LogP contribution in [-0.4, -0.2) is 39.6 Å². The summed E-state index contributed by atoms with van der Waals surface area (Å²) in [6.07, 6.45) is 2.05. The van der Waals surface area contributed by atoms with Gasteiger partial charge in [-0.15, -0.1) is 0 Å². The van der Waals surface area contributed by atoms with E-state index in [0.717, 1.165) is 5.41 Å². The minimum Gasteiger partial charge on any atom is -0.423 e. The highest BCUT2D eigenvalue weighted by molar-refractivity contribution is 7.90. The SMILES string of the molecule is CS(=O)(=O)O.NC(N)=Nc1ccc(C(=O)Oc2ccccc2)c(OS(=O)(=O)C=Cc2ccccc2)c1Cl. The summed E-state index contributed by atoms with van der Waals surface area (Å²) >= 11 is 6.29. The van der Waals surface area contributed by atoms with Crippen LogP contribution in [0.25, 0.3) is 6.08 Å². The number of guanidine groups is 1. The number of ether oxygens (including phenoxy) is 1. The Hall–Kier alpha value is -3.91. The van der Waals surface area contributed by atoms with Crippen molar-refractivity contribution in [2.24, 2.45) is 16.5 Å². The van der Waals surface area contributed by atoms with Crippen LogP contribution < -0.4 is 20.4 Å². The summed E-state index contributed by atoms with van der Waals surface area (Å²) in [6, 6.07) is 19.5. The van der Waals surface area contributed by atoms with Crippen LogP contribution in [0, 0.1) is 0 Å². The van der Waals surface area contributed by atoms with Gasteiger partial charge in [-0.3, -0.25) is 4.55 Å². The zero-order valence-electron chi connectivity index (χ0n) is 19.2. The zero-order valence-corrected chi connectivity index (χ0v) is 21.6. The molecule has 0 radical (unpaired) electrons. The van der Waals surface area contributed by atoms with Gasteiger partial charge in [0.15, 0.2) is 11.7 Å². The molecule has 0 unspecified atom stereocenters. The Balaban J connectivity index is 0.000000877. The van der Waals surface area contributed by atoms with Crippen molar-refractivity contribution in [1.29, 1.82) is 0 Å². The zero-order chi connectivity index (χ0) is 27.6. The Morgan fingerprint density at radius 2 is 1.49 bits per heavy atom. The van der Waals surface area contributed by atoms with Gasteiger partial charge >= 0.3 is 16.1 Å². The van der Waals surface area contributed by atoms with E-state index in [4.69, 9.17) is 36.5 Å². The summed E-state index contributed by atoms with van der Waals surface area (Å²) in [4.78, 5) is 16.5. The van der Waals surface area contributed by atoms with Gasteiger partial charge in [-0.05, 0) is 35.9 Å². The monoisotopic (exact) mass is 567 g/mol. The first-order valence-corrected chi connectivity index (χ1v) is 13.7. The maximum atomic E-state index is 12.7. The predicted molar refractivity (Wildman–Crippen MR) is 141 cm³/mol. The highest BCUT2D eigenvalue weighted by Gasteiger charge is 2.24. The van der Waals surface area contributed by atoms with Gasteiger partial charge in [0.05, 0.1) is 17.4 Å². The van der Waals surface area contributed by atoms with Crippen molar-refractivity contribution in [3.8, 4) is 11.5 Å². The lowest BCUT2D eigenvalue weighted by atomic mass is 10.2. The Labute approximate surface area is 218 Å². The molecule has 0 aliphatic carbocycles. The number of aliphatic imine (C=N–C) groups is 1. The average molecular weight is 568 g/mol. The smallest absolute Gasteiger partial charge is 0.347 e. The van der Waals surface area contributed by atoms with E-state index in [1.165, 1.54) is 18.2 Å². The van der Waals surface area contributed by atoms with Crippen molar-refractivity contribution < 1.29 is 35.1 Å². The first-order chi connectivity index (χ1) is 17.2. The number of para-hydroxylation sites is 1. The van der Waals surface area contributed by atoms with Crippen LogP contribution >= 0.6 is 11.6 Å². The standard InChI is InChI=1S/C22H18ClN3O5S.CH4O3S/c23-19-18(26-22(24)25)12-11-17(21(27)30-16-9-5-2-6-10-16)20(19)31-32(28,29)14-13-15-7-3-1-4-8-15;1-5(2,3)4/h1-14H,(H4,24,25,26);1H3,(H,2,3,4). The minimum atomic E-state index is -4.31. The van der Waals surface area contributed by atoms with E-state index in [-0.39, 0.29) is 28.0 Å². The number of benzene rings is 3. The molecule has 0 amide bonds. The number of nitrogens with two attached hydrogens (primary N) is 2. The number of hydrogen-bond donors (Lipinski definition) is 3. The molecule has 0 aromatic heterocycles. The Bertz CT molecular complexity index is 1500. The highest BCUT2D eigenvalue weighted by atomic mass is 35.5. The molecule has 3 aromatic rings. The van der Waals surface area contributed by atoms with E-state index in [1.807, 2.05) is 0 Å². The van der Waals surface area contributed by atoms with Crippen molar-refractivity contribution >= 4 is 55.5 Å². The maximum Gasteiger partial charge on any atom is 0.347 e. The summed E-state index contributed by atoms with van der Waals surface area (Å²) in [6.45, 7) is 0. The van der Waals surface area contributed by atoms with Gasteiger partial charge in [0.2, 0.25) is 0 Å². The molecule has 3 rings (SSSR count). The first kappa shape index (κ1) is 29.3. The van der Waals surface area contributed by atoms with Gasteiger partial charge in [0.1, 0.15) is 16.3 Å². The summed E-state index contributed by atoms with van der Waals surface area (Å²) in [5, 5.41) is 0.565. The van der Waals surface area contributed by atoms with Crippen LogP contribution in [-0.2, 0) is 20.2 Å². The molecule has 0 heterocycles. The first-order valence-electron chi connectivity index (χ1n) is 10.0. The number of rotatable bonds is 7. The van der Waals surface area contributed by atoms with E-state index >= 15 is 0 Å². The minimum absolute atomic E-state index is 0.0140. The van der Waals surface area contributed by atoms with Crippen LogP contribution in [0.2, 0.25) is 5.02 Å². The lowest BCUT2D eigenvalue weighted by Crippen LogP contribution is -2.22. The average Bonchev–Trinajstić information content (AvgIpc) is 2.80. The number of halogens is 1. The molecule has 5 N–H and O–H groups in total. The normalized spacial score (nSPS) is 11.2. The molecule has 0 atom stereocenters. The van der Waals surface area contributed by atoms with E-state index in [9.17, 15) is 21.6 Å². The molecule has 11 nitrogen and oxygen atoms in total. The fourth-order valence-electron chi connectivity index (χ4n) is 2.53. The third kappa shape index (κ3) is 10.7. The molecule has 0 spiro atoms. The second-order valence-corrected chi connectivity index (χ2v) is 10.3. The van der Waals surface area contributed by atoms with Gasteiger partial charge in [-0.25, -0.2) is 9.79 Å². The van der Waals surface area contributed by atoms with Gasteiger partial charge < -0.3 is 20.4 Å². The topological polar surface area (TPSA) is 188 Å². The molecule has 0 fully saturated rings. The Kier molecular flexibility index (Phi) is 10.2. The van der Waals surface area contributed by atoms with Gasteiger partial charge in [0, 0.05) is 0 Å². The van der Waals surface area contributed by atoms with Crippen LogP contribution in [0.5, 0.6) is 11.5 Å². The lowest BCUT2D eigenvalue weighted by Gasteiger charge is -2.13. The third-order valence-corrected chi connectivity index (χ3v) is 5.16. The second kappa shape index (κ2) is 12.9. The number of carbonyl (C=O) groups excluding carboxylic acids is 1. The second-order valence-electron chi connectivity index (χ2n) is 7.04. The molecule has 37 heavy (non-hydrogen) atoms. The molecule has 0 aliphatic heterocycles. The quantitative estimate of drug-likeness (QED) is 0.0953. The van der Waals surface area contributed by atoms with E-state index in [2.05, 4.69) is 4.99 Å². The molecule has 0 saturated heterocycles. The number of nitrogens with zero attached hydrogens (tertiary/aromatic N) is 1. The number of carbonyl (C=O) groups is 1. The molecular weight excluding hydrogens is 546 g/mol. The largest absolute Gasteiger partial charge is 0.423 e. The molecule has 0 saturated carbocycles. The molecule has 0 aliphatic rings. The van der Waals surface area contributed by atoms with Crippen LogP contribution in [0.3, 0.4) is 0 Å². The Morgan fingerprint density at radius 3 is 2.03 bits per heavy atom. The van der Waals surface area contributed by atoms with Crippen molar-refractivity contribution in [3.63, 3.8) is 0 Å². The van der Waals surface area contributed by atoms with Crippen LogP contribution in [0.1, 0.15) is 15.9 Å². The van der Waals surface area contributed by atoms with E-state index < -0.39 is 32.0 Å². The molecular formula is C23H22ClN3O8S2. The summed E-state index contributed by atoms with van der Waals surface area (Å²) in [5.74, 6) is -1.41. The van der Waals surface area contributed by atoms with Gasteiger partial charge in [-0.1, -0.05) is 60.1 Å². The number of hydrogen-bond acceptors (Lipinski definition) is 8. The van der Waals surface area contributed by atoms with Crippen molar-refractivity contribution in [2.75, 3.05) is 6.26 Å². The third-order valence-electron chi connectivity index (χ3n) is 3.93. The lowest BCUT2D eigenvalue weighted by molar-refractivity contribution is 0.0733. The van der Waals surface area contributed by atoms with E-state index in [1.54, 1.807) is 60.7 Å². The molecule has 3 aromatic carbocycles. The maximum absolute atomic E-state index is 12.7. The highest BCUT2D eigenvalue weighted by Crippen LogP contribution is 2.38. The van der Waals surface area contributed by atoms with E-state index in [0.29, 0.717) is 11.8 Å². The predicted octanol–water partition coefficient (Wildman–Crippen LogP) is 3.35. The fraction of sp³-hybridized carbons (Fsp3) is 0.0435. The van der Waals surface area contributed by atoms with Crippen molar-refractivity contribution in [2.45, 2.75) is 0 Å². The van der Waals surface area contributed by atoms with Crippen LogP contribution in [0.15, 0.2) is 83.2 Å². The summed E-state index contributed by atoms with van der Waals surface area (Å²) in [7, 11) is -7.98. The van der Waals surface area contributed by atoms with Gasteiger partial charge in [-0.2, -0.15) is 16.8 Å². The summed E-state index contributed by atoms with van der Waals surface area (Å²) < 4.78 is 61.5. The van der Waals surface area contributed by atoms with Crippen LogP contribution in [0.4, 0.5) is 5.69 Å². The fourth-order valence-corrected chi connectivity index (χ4v) is 3.61. The molecule has 0 bridgehead atoms. The van der Waals surface area contributed by atoms with Gasteiger partial charge in [0.25, 0.3) is 10.1 Å². The summed E-state index contributed by atoms with van der Waals surface area (Å²) in [5.41, 5.74) is 11.2.